The topological polar surface area (TPSA) is 60.7 Å². The third-order valence-corrected chi connectivity index (χ3v) is 9.86. The molecule has 3 N–H and O–H groups in total. The highest BCUT2D eigenvalue weighted by molar-refractivity contribution is 5.42. The molecule has 6 atom stereocenters. The van der Waals surface area contributed by atoms with Crippen LogP contribution in [0.2, 0.25) is 0 Å². The van der Waals surface area contributed by atoms with Crippen LogP contribution in [0.15, 0.2) is 35.5 Å². The second kappa shape index (κ2) is 8.71. The standard InChI is InChI=1S/C29H46O3/c1-19(8-6-14-27(3,4)32)23-12-13-24-21(9-7-15-28(23,24)5)10-11-22-18-25(30)29(16-17-29)26(31)20(22)2/h10-11,19,23-26,30-32H,2,6-9,12-18H2,1,3-5H3/b21-10+,22-11-/t19-,23-,24?,25+,26?,28-/m1/s1. The number of hydrogen-bond acceptors (Lipinski definition) is 3. The molecule has 4 saturated carbocycles. The Balaban J connectivity index is 1.45. The fraction of sp³-hybridized carbons (Fsp3) is 0.793. The Kier molecular flexibility index (Phi) is 6.59. The fourth-order valence-corrected chi connectivity index (χ4v) is 7.65. The molecular weight excluding hydrogens is 396 g/mol. The Morgan fingerprint density at radius 3 is 2.53 bits per heavy atom. The van der Waals surface area contributed by atoms with Crippen LogP contribution in [0.25, 0.3) is 0 Å². The monoisotopic (exact) mass is 442 g/mol. The smallest absolute Gasteiger partial charge is 0.0868 e. The Morgan fingerprint density at radius 1 is 1.16 bits per heavy atom. The minimum Gasteiger partial charge on any atom is -0.392 e. The first-order valence-electron chi connectivity index (χ1n) is 13.2. The molecule has 0 aromatic rings. The van der Waals surface area contributed by atoms with E-state index in [-0.39, 0.29) is 5.41 Å². The zero-order valence-corrected chi connectivity index (χ0v) is 20.9. The predicted octanol–water partition coefficient (Wildman–Crippen LogP) is 6.09. The van der Waals surface area contributed by atoms with Crippen molar-refractivity contribution in [2.45, 2.75) is 116 Å². The van der Waals surface area contributed by atoms with E-state index in [1.54, 1.807) is 5.57 Å². The summed E-state index contributed by atoms with van der Waals surface area (Å²) in [5, 5.41) is 31.4. The lowest BCUT2D eigenvalue weighted by Crippen LogP contribution is -2.40. The number of aliphatic hydroxyl groups excluding tert-OH is 2. The molecule has 4 aliphatic carbocycles. The molecule has 3 heteroatoms. The van der Waals surface area contributed by atoms with Crippen LogP contribution in [0.5, 0.6) is 0 Å². The van der Waals surface area contributed by atoms with Gasteiger partial charge in [0.2, 0.25) is 0 Å². The highest BCUT2D eigenvalue weighted by Crippen LogP contribution is 2.60. The van der Waals surface area contributed by atoms with E-state index in [2.05, 4.69) is 32.6 Å². The maximum atomic E-state index is 10.7. The Morgan fingerprint density at radius 2 is 1.88 bits per heavy atom. The molecule has 0 bridgehead atoms. The molecule has 0 aromatic heterocycles. The van der Waals surface area contributed by atoms with E-state index in [0.717, 1.165) is 42.7 Å². The van der Waals surface area contributed by atoms with Gasteiger partial charge in [0.05, 0.1) is 17.8 Å². The summed E-state index contributed by atoms with van der Waals surface area (Å²) in [6.45, 7) is 13.0. The molecule has 4 rings (SSSR count). The maximum Gasteiger partial charge on any atom is 0.0868 e. The van der Waals surface area contributed by atoms with Gasteiger partial charge >= 0.3 is 0 Å². The summed E-state index contributed by atoms with van der Waals surface area (Å²) >= 11 is 0. The molecule has 0 saturated heterocycles. The molecule has 180 valence electrons. The summed E-state index contributed by atoms with van der Waals surface area (Å²) in [6.07, 6.45) is 15.5. The first-order chi connectivity index (χ1) is 15.0. The summed E-state index contributed by atoms with van der Waals surface area (Å²) < 4.78 is 0. The quantitative estimate of drug-likeness (QED) is 0.466. The molecule has 4 fully saturated rings. The van der Waals surface area contributed by atoms with Gasteiger partial charge in [0.25, 0.3) is 0 Å². The summed E-state index contributed by atoms with van der Waals surface area (Å²) in [6, 6.07) is 0. The molecule has 0 radical (unpaired) electrons. The maximum absolute atomic E-state index is 10.7. The van der Waals surface area contributed by atoms with Crippen LogP contribution in [0.1, 0.15) is 98.3 Å². The van der Waals surface area contributed by atoms with Crippen LogP contribution < -0.4 is 0 Å². The Bertz CT molecular complexity index is 781. The van der Waals surface area contributed by atoms with Crippen molar-refractivity contribution in [3.05, 3.63) is 35.5 Å². The first-order valence-corrected chi connectivity index (χ1v) is 13.2. The molecular formula is C29H46O3. The average Bonchev–Trinajstić information content (AvgIpc) is 3.43. The highest BCUT2D eigenvalue weighted by atomic mass is 16.3. The zero-order chi connectivity index (χ0) is 23.3. The normalized spacial score (nSPS) is 40.2. The van der Waals surface area contributed by atoms with Gasteiger partial charge in [-0.3, -0.25) is 0 Å². The number of hydrogen-bond donors (Lipinski definition) is 3. The summed E-state index contributed by atoms with van der Waals surface area (Å²) in [7, 11) is 0. The van der Waals surface area contributed by atoms with Crippen molar-refractivity contribution in [2.24, 2.45) is 28.6 Å². The SMILES string of the molecule is C=C1/C(=C\C=C2/CCC[C@@]3(C)C2CC[C@@H]3[C@H](C)CCCC(C)(C)O)C[C@H](O)C2(CC2)C1O. The van der Waals surface area contributed by atoms with E-state index in [0.29, 0.717) is 23.7 Å². The molecule has 1 spiro atoms. The molecule has 32 heavy (non-hydrogen) atoms. The number of rotatable bonds is 6. The van der Waals surface area contributed by atoms with Crippen molar-refractivity contribution < 1.29 is 15.3 Å². The van der Waals surface area contributed by atoms with E-state index in [1.165, 1.54) is 38.5 Å². The van der Waals surface area contributed by atoms with Crippen molar-refractivity contribution >= 4 is 0 Å². The molecule has 2 unspecified atom stereocenters. The third kappa shape index (κ3) is 4.42. The second-order valence-corrected chi connectivity index (χ2v) is 12.6. The van der Waals surface area contributed by atoms with E-state index in [4.69, 9.17) is 0 Å². The Labute approximate surface area is 195 Å². The largest absolute Gasteiger partial charge is 0.392 e. The van der Waals surface area contributed by atoms with Crippen molar-refractivity contribution in [2.75, 3.05) is 0 Å². The minimum atomic E-state index is -0.590. The summed E-state index contributed by atoms with van der Waals surface area (Å²) in [4.78, 5) is 0. The lowest BCUT2D eigenvalue weighted by atomic mass is 9.60. The summed E-state index contributed by atoms with van der Waals surface area (Å²) in [5.41, 5.74) is 2.95. The van der Waals surface area contributed by atoms with Gasteiger partial charge in [-0.05, 0) is 106 Å². The number of aliphatic hydroxyl groups is 3. The zero-order valence-electron chi connectivity index (χ0n) is 20.9. The lowest BCUT2D eigenvalue weighted by Gasteiger charge is -2.44. The average molecular weight is 443 g/mol. The van der Waals surface area contributed by atoms with Crippen molar-refractivity contribution in [3.63, 3.8) is 0 Å². The molecule has 0 aliphatic heterocycles. The number of fused-ring (bicyclic) bond motifs is 1. The van der Waals surface area contributed by atoms with Gasteiger partial charge in [0, 0.05) is 5.41 Å². The van der Waals surface area contributed by atoms with Crippen LogP contribution in [0.3, 0.4) is 0 Å². The lowest BCUT2D eigenvalue weighted by molar-refractivity contribution is 0.00125. The minimum absolute atomic E-state index is 0.301. The van der Waals surface area contributed by atoms with Crippen LogP contribution >= 0.6 is 0 Å². The fourth-order valence-electron chi connectivity index (χ4n) is 7.65. The van der Waals surface area contributed by atoms with Crippen molar-refractivity contribution in [1.82, 2.24) is 0 Å². The first kappa shape index (κ1) is 24.2. The third-order valence-electron chi connectivity index (χ3n) is 9.86. The summed E-state index contributed by atoms with van der Waals surface area (Å²) in [5.74, 6) is 2.10. The van der Waals surface area contributed by atoms with E-state index < -0.39 is 17.8 Å². The van der Waals surface area contributed by atoms with Crippen molar-refractivity contribution in [1.29, 1.82) is 0 Å². The van der Waals surface area contributed by atoms with E-state index in [9.17, 15) is 15.3 Å². The van der Waals surface area contributed by atoms with E-state index in [1.807, 2.05) is 13.8 Å². The van der Waals surface area contributed by atoms with Crippen LogP contribution in [0.4, 0.5) is 0 Å². The number of allylic oxidation sites excluding steroid dienone is 3. The van der Waals surface area contributed by atoms with Gasteiger partial charge < -0.3 is 15.3 Å². The molecule has 4 aliphatic rings. The predicted molar refractivity (Wildman–Crippen MR) is 131 cm³/mol. The van der Waals surface area contributed by atoms with Gasteiger partial charge in [-0.2, -0.15) is 0 Å². The van der Waals surface area contributed by atoms with Gasteiger partial charge in [-0.25, -0.2) is 0 Å². The highest BCUT2D eigenvalue weighted by Gasteiger charge is 2.58. The van der Waals surface area contributed by atoms with E-state index >= 15 is 0 Å². The molecule has 0 aromatic carbocycles. The van der Waals surface area contributed by atoms with Gasteiger partial charge in [-0.15, -0.1) is 0 Å². The molecule has 0 heterocycles. The van der Waals surface area contributed by atoms with Gasteiger partial charge in [0.1, 0.15) is 0 Å². The van der Waals surface area contributed by atoms with Crippen molar-refractivity contribution in [3.8, 4) is 0 Å². The Hall–Kier alpha value is -0.900. The van der Waals surface area contributed by atoms with Crippen LogP contribution in [0, 0.1) is 28.6 Å². The molecule has 3 nitrogen and oxygen atoms in total. The van der Waals surface area contributed by atoms with Gasteiger partial charge in [0.15, 0.2) is 0 Å². The van der Waals surface area contributed by atoms with Crippen LogP contribution in [-0.2, 0) is 0 Å². The van der Waals surface area contributed by atoms with Gasteiger partial charge in [-0.1, -0.05) is 51.0 Å². The second-order valence-electron chi connectivity index (χ2n) is 12.6. The molecule has 0 amide bonds. The van der Waals surface area contributed by atoms with Crippen LogP contribution in [-0.4, -0.2) is 33.1 Å².